The van der Waals surface area contributed by atoms with Gasteiger partial charge in [-0.05, 0) is 115 Å². The van der Waals surface area contributed by atoms with Crippen LogP contribution in [-0.4, -0.2) is 22.2 Å². The van der Waals surface area contributed by atoms with Gasteiger partial charge in [0.25, 0.3) is 6.33 Å². The van der Waals surface area contributed by atoms with Crippen LogP contribution in [-0.2, 0) is 5.41 Å². The van der Waals surface area contributed by atoms with Crippen molar-refractivity contribution in [1.82, 2.24) is 14.1 Å². The van der Waals surface area contributed by atoms with Crippen molar-refractivity contribution >= 4 is 61.7 Å². The van der Waals surface area contributed by atoms with Crippen LogP contribution in [0, 0.1) is 6.85 Å². The quantitative estimate of drug-likeness (QED) is 0.0864. The molecule has 4 heterocycles. The fourth-order valence-corrected chi connectivity index (χ4v) is 15.2. The summed E-state index contributed by atoms with van der Waals surface area (Å²) in [6.45, 7) is 3.88. The monoisotopic (exact) mass is 1030 g/mol. The predicted octanol–water partition coefficient (Wildman–Crippen LogP) is 14.5. The molecule has 368 valence electrons. The Bertz CT molecular complexity index is 5230. The molecule has 1 aliphatic heterocycles. The Morgan fingerprint density at radius 3 is 1.84 bits per heavy atom. The smallest absolute Gasteiger partial charge is 0.255 e. The van der Waals surface area contributed by atoms with Crippen LogP contribution in [0.1, 0.15) is 56.6 Å². The van der Waals surface area contributed by atoms with Gasteiger partial charge in [0.05, 0.1) is 31.6 Å². The molecule has 0 fully saturated rings. The van der Waals surface area contributed by atoms with Crippen molar-refractivity contribution in [2.45, 2.75) is 33.0 Å². The molecule has 0 unspecified atom stereocenters. The van der Waals surface area contributed by atoms with E-state index in [9.17, 15) is 16.4 Å². The molecule has 5 nitrogen and oxygen atoms in total. The number of pyridine rings is 1. The maximum atomic E-state index is 9.82. The van der Waals surface area contributed by atoms with Gasteiger partial charge in [-0.1, -0.05) is 202 Å². The van der Waals surface area contributed by atoms with Crippen molar-refractivity contribution in [2.75, 3.05) is 0 Å². The van der Waals surface area contributed by atoms with Crippen LogP contribution in [0.5, 0.6) is 11.5 Å². The second-order valence-corrected chi connectivity index (χ2v) is 23.6. The number of para-hydroxylation sites is 3. The van der Waals surface area contributed by atoms with Crippen molar-refractivity contribution in [2.24, 2.45) is 0 Å². The highest BCUT2D eigenvalue weighted by atomic mass is 28.3. The number of nitrogens with zero attached hydrogens (tertiary/aromatic N) is 4. The van der Waals surface area contributed by atoms with Crippen molar-refractivity contribution in [1.29, 1.82) is 0 Å². The number of rotatable bonds is 8. The lowest BCUT2D eigenvalue weighted by atomic mass is 9.82. The normalized spacial score (nSPS) is 15.6. The van der Waals surface area contributed by atoms with E-state index in [0.717, 1.165) is 49.5 Å². The average Bonchev–Trinajstić information content (AvgIpc) is 1.34. The Morgan fingerprint density at radius 2 is 1.12 bits per heavy atom. The Balaban J connectivity index is 1.04. The highest BCUT2D eigenvalue weighted by Gasteiger charge is 2.42. The molecule has 0 N–H and O–H groups in total. The molecule has 0 saturated carbocycles. The minimum absolute atomic E-state index is 0.0160. The van der Waals surface area contributed by atoms with Gasteiger partial charge < -0.3 is 4.74 Å². The largest absolute Gasteiger partial charge is 0.457 e. The Kier molecular flexibility index (Phi) is 7.29. The Labute approximate surface area is 475 Å². The molecule has 0 amide bonds. The van der Waals surface area contributed by atoms with Crippen LogP contribution in [0.3, 0.4) is 0 Å². The van der Waals surface area contributed by atoms with E-state index >= 15 is 0 Å². The van der Waals surface area contributed by atoms with Gasteiger partial charge >= 0.3 is 0 Å². The third-order valence-corrected chi connectivity index (χ3v) is 18.8. The first-order valence-corrected chi connectivity index (χ1v) is 27.1. The molecule has 0 saturated heterocycles. The highest BCUT2D eigenvalue weighted by Crippen LogP contribution is 2.45. The van der Waals surface area contributed by atoms with Crippen LogP contribution in [0.2, 0.25) is 0 Å². The lowest BCUT2D eigenvalue weighted by Gasteiger charge is -2.35. The number of imidazole rings is 1. The average molecular weight is 1030 g/mol. The van der Waals surface area contributed by atoms with Crippen LogP contribution < -0.4 is 30.1 Å². The molecule has 13 aromatic rings. The van der Waals surface area contributed by atoms with E-state index in [1.54, 1.807) is 24.3 Å². The molecular formula is C71H55N4OSi+. The standard InChI is InChI=1S/C71H55N4OSi/c1-48-41-42-72-68(43-48)75-65-35-17-16-31-59(65)60-39-37-51(45-67(60)75)76-50-22-18-21-49(44-50)73-47-74-69-62(32-19-34-64(69)71(2,3)4)63-46-55(38-40-58(63)56-29-14-15-30-57(56)61-33-20-36-66(73)70(61)74)77(52-23-8-5-9-24-52,53-25-10-6-11-26-53)54-27-12-7-13-28-54/h5-47H,1-4H3/q+1/i1D3,5D,6D,7D,8D,9D,10D,11D,12D,13D,23D,24D,25D,26D,27D,28D. The number of benzene rings is 10. The number of fused-ring (bicyclic) bond motifs is 10. The molecule has 77 heavy (non-hydrogen) atoms. The van der Waals surface area contributed by atoms with Gasteiger partial charge in [0, 0.05) is 49.9 Å². The van der Waals surface area contributed by atoms with Crippen LogP contribution in [0.25, 0.3) is 83.4 Å². The van der Waals surface area contributed by atoms with Crippen molar-refractivity contribution in [3.63, 3.8) is 0 Å². The molecule has 0 atom stereocenters. The van der Waals surface area contributed by atoms with E-state index < -0.39 is 127 Å². The van der Waals surface area contributed by atoms with E-state index in [1.807, 2.05) is 138 Å². The summed E-state index contributed by atoms with van der Waals surface area (Å²) < 4.78 is 178. The molecule has 10 aromatic carbocycles. The summed E-state index contributed by atoms with van der Waals surface area (Å²) in [6.07, 6.45) is 3.49. The molecule has 14 rings (SSSR count). The molecule has 1 aliphatic rings. The molecular weight excluding hydrogens is 953 g/mol. The predicted molar refractivity (Wildman–Crippen MR) is 320 cm³/mol. The fourth-order valence-electron chi connectivity index (χ4n) is 11.4. The van der Waals surface area contributed by atoms with Gasteiger partial charge in [0.2, 0.25) is 0 Å². The molecule has 6 heteroatoms. The van der Waals surface area contributed by atoms with Crippen LogP contribution in [0.4, 0.5) is 0 Å². The van der Waals surface area contributed by atoms with E-state index in [2.05, 4.69) is 34.9 Å². The lowest BCUT2D eigenvalue weighted by Crippen LogP contribution is -2.74. The first-order valence-electron chi connectivity index (χ1n) is 34.1. The third kappa shape index (κ3) is 7.50. The third-order valence-electron chi connectivity index (χ3n) is 14.7. The molecule has 3 aromatic heterocycles. The molecule has 0 radical (unpaired) electrons. The summed E-state index contributed by atoms with van der Waals surface area (Å²) in [5.74, 6) is 1.42. The van der Waals surface area contributed by atoms with Crippen molar-refractivity contribution in [3.8, 4) is 62.1 Å². The summed E-state index contributed by atoms with van der Waals surface area (Å²) in [6, 6.07) is 36.4. The van der Waals surface area contributed by atoms with E-state index in [4.69, 9.17) is 13.0 Å². The molecule has 0 bridgehead atoms. The van der Waals surface area contributed by atoms with Crippen molar-refractivity contribution < 1.29 is 34.0 Å². The first-order chi connectivity index (χ1) is 45.2. The number of ether oxygens (including phenoxy) is 1. The number of aromatic nitrogens is 4. The zero-order valence-electron chi connectivity index (χ0n) is 59.9. The zero-order chi connectivity index (χ0) is 67.4. The molecule has 0 aliphatic carbocycles. The lowest BCUT2D eigenvalue weighted by molar-refractivity contribution is -0.567. The fraction of sp³-hybridized carbons (Fsp3) is 0.0704. The Morgan fingerprint density at radius 1 is 0.506 bits per heavy atom. The van der Waals surface area contributed by atoms with Gasteiger partial charge in [0.1, 0.15) is 28.7 Å². The van der Waals surface area contributed by atoms with Gasteiger partial charge in [-0.3, -0.25) is 4.57 Å². The van der Waals surface area contributed by atoms with Crippen LogP contribution >= 0.6 is 0 Å². The van der Waals surface area contributed by atoms with Crippen molar-refractivity contribution in [3.05, 3.63) is 272 Å². The summed E-state index contributed by atoms with van der Waals surface area (Å²) in [4.78, 5) is 4.64. The SMILES string of the molecule is [2H]c1c([2H])c([2H])c([Si](c2ccc3c(c2)-c2cccc(C(C)(C)C)c2-[n+]2cn(-c4cccc(Oc5ccc6c7ccccc7n(-c7cc(C([2H])([2H])[2H])ccn7)c6c5)c4)c4cccc(c42)-c2ccccc2-3)(c2c([2H])c([2H])c([2H])c([2H])c2[2H])c2c([2H])c([2H])c([2H])c([2H])c2[2H])c([2H])c1[2H]. The second kappa shape index (κ2) is 18.2. The highest BCUT2D eigenvalue weighted by molar-refractivity contribution is 7.20. The zero-order valence-corrected chi connectivity index (χ0v) is 42.9. The second-order valence-electron chi connectivity index (χ2n) is 20.1. The van der Waals surface area contributed by atoms with Gasteiger partial charge in [0.15, 0.2) is 19.1 Å². The molecule has 0 spiro atoms. The first kappa shape index (κ1) is 30.9. The number of aryl methyl sites for hydroxylation is 1. The summed E-state index contributed by atoms with van der Waals surface area (Å²) in [5.41, 5.74) is 8.88. The number of hydrogen-bond donors (Lipinski definition) is 0. The maximum Gasteiger partial charge on any atom is 0.255 e. The number of hydrogen-bond acceptors (Lipinski definition) is 2. The minimum Gasteiger partial charge on any atom is -0.457 e. The summed E-state index contributed by atoms with van der Waals surface area (Å²) in [5, 5.41) is 0.0789. The van der Waals surface area contributed by atoms with Gasteiger partial charge in [-0.2, -0.15) is 9.13 Å². The van der Waals surface area contributed by atoms with Crippen LogP contribution in [0.15, 0.2) is 261 Å². The van der Waals surface area contributed by atoms with Gasteiger partial charge in [-0.15, -0.1) is 0 Å². The van der Waals surface area contributed by atoms with Gasteiger partial charge in [-0.25, -0.2) is 4.98 Å². The van der Waals surface area contributed by atoms with E-state index in [0.29, 0.717) is 50.9 Å². The Hall–Kier alpha value is -9.36. The minimum atomic E-state index is -5.56. The topological polar surface area (TPSA) is 35.9 Å². The van der Waals surface area contributed by atoms with E-state index in [-0.39, 0.29) is 10.8 Å². The summed E-state index contributed by atoms with van der Waals surface area (Å²) in [7, 11) is -5.56. The van der Waals surface area contributed by atoms with E-state index in [1.165, 1.54) is 12.3 Å². The summed E-state index contributed by atoms with van der Waals surface area (Å²) >= 11 is 0. The maximum absolute atomic E-state index is 9.82.